The quantitative estimate of drug-likeness (QED) is 0.224. The molecule has 1 fully saturated rings. The Hall–Kier alpha value is -0.105. The van der Waals surface area contributed by atoms with Crippen molar-refractivity contribution in [3.8, 4) is 5.88 Å². The van der Waals surface area contributed by atoms with Gasteiger partial charge in [0.15, 0.2) is 6.23 Å². The fourth-order valence-electron chi connectivity index (χ4n) is 1.81. The van der Waals surface area contributed by atoms with Gasteiger partial charge in [-0.15, -0.1) is 12.4 Å². The molecule has 1 aromatic heterocycles. The zero-order chi connectivity index (χ0) is 15.8. The normalized spacial score (nSPS) is 27.1. The molecule has 0 aliphatic carbocycles. The third kappa shape index (κ3) is 5.73. The number of halogens is 1. The molecular formula is C9H12ClHgN2O9P. The number of hydrogen-bond acceptors (Lipinski definition) is 8. The van der Waals surface area contributed by atoms with Crippen LogP contribution in [-0.4, -0.2) is 54.5 Å². The fourth-order valence-corrected chi connectivity index (χ4v) is 2.15. The maximum Gasteiger partial charge on any atom is 1.00 e. The van der Waals surface area contributed by atoms with Crippen molar-refractivity contribution < 1.29 is 66.6 Å². The van der Waals surface area contributed by atoms with Gasteiger partial charge in [-0.25, -0.2) is 14.3 Å². The van der Waals surface area contributed by atoms with E-state index in [0.29, 0.717) is 0 Å². The van der Waals surface area contributed by atoms with Gasteiger partial charge in [-0.05, 0) is 0 Å². The first kappa shape index (κ1) is 22.9. The van der Waals surface area contributed by atoms with Crippen molar-refractivity contribution in [2.75, 3.05) is 6.61 Å². The Labute approximate surface area is 156 Å². The second-order valence-electron chi connectivity index (χ2n) is 4.21. The molecule has 0 aromatic carbocycles. The predicted molar refractivity (Wildman–Crippen MR) is 67.9 cm³/mol. The Morgan fingerprint density at radius 1 is 1.43 bits per heavy atom. The minimum atomic E-state index is -4.77. The molecule has 0 saturated carbocycles. The van der Waals surface area contributed by atoms with Crippen LogP contribution in [0.4, 0.5) is 0 Å². The van der Waals surface area contributed by atoms with Crippen LogP contribution in [0.2, 0.25) is 0 Å². The second-order valence-corrected chi connectivity index (χ2v) is 5.45. The van der Waals surface area contributed by atoms with E-state index in [1.54, 1.807) is 0 Å². The largest absolute Gasteiger partial charge is 1.00 e. The second kappa shape index (κ2) is 8.83. The molecule has 2 heterocycles. The Balaban J connectivity index is 0.00000242. The van der Waals surface area contributed by atoms with Crippen LogP contribution in [0, 0.1) is 6.07 Å². The average molecular weight is 559 g/mol. The molecule has 4 atom stereocenters. The van der Waals surface area contributed by atoms with Gasteiger partial charge in [0.1, 0.15) is 18.3 Å². The summed E-state index contributed by atoms with van der Waals surface area (Å²) in [6.45, 7) is -0.704. The summed E-state index contributed by atoms with van der Waals surface area (Å²) in [5.74, 6) is -0.898. The SMILES string of the molecule is Cl.O=c1nc([O-])[c]cn1[C@@H]1O[C@H](COP(=O)(O)O)[C@@H](O)[C@H]1O.[Hg+]. The van der Waals surface area contributed by atoms with Gasteiger partial charge >= 0.3 is 41.2 Å². The van der Waals surface area contributed by atoms with E-state index in [0.717, 1.165) is 10.8 Å². The topological polar surface area (TPSA) is 174 Å². The van der Waals surface area contributed by atoms with Crippen LogP contribution in [0.1, 0.15) is 6.23 Å². The van der Waals surface area contributed by atoms with Crippen LogP contribution in [0.5, 0.6) is 5.88 Å². The van der Waals surface area contributed by atoms with E-state index in [9.17, 15) is 24.7 Å². The van der Waals surface area contributed by atoms with Gasteiger partial charge < -0.3 is 29.8 Å². The first-order valence-corrected chi connectivity index (χ1v) is 7.11. The monoisotopic (exact) mass is 560 g/mol. The van der Waals surface area contributed by atoms with Crippen LogP contribution in [0.25, 0.3) is 0 Å². The van der Waals surface area contributed by atoms with Crippen LogP contribution in [0.15, 0.2) is 11.0 Å². The maximum absolute atomic E-state index is 11.5. The predicted octanol–water partition coefficient (Wildman–Crippen LogP) is -2.74. The molecule has 1 saturated heterocycles. The molecule has 1 aliphatic rings. The van der Waals surface area contributed by atoms with Gasteiger partial charge in [0.25, 0.3) is 0 Å². The van der Waals surface area contributed by atoms with Gasteiger partial charge in [-0.2, -0.15) is 0 Å². The molecule has 0 spiro atoms. The Kier molecular flexibility index (Phi) is 8.79. The van der Waals surface area contributed by atoms with Crippen LogP contribution in [0.3, 0.4) is 0 Å². The average Bonchev–Trinajstić information content (AvgIpc) is 2.64. The number of phosphoric acid groups is 1. The summed E-state index contributed by atoms with van der Waals surface area (Å²) >= 11 is 0. The molecule has 1 aliphatic heterocycles. The molecule has 11 nitrogen and oxygen atoms in total. The van der Waals surface area contributed by atoms with Gasteiger partial charge in [0.2, 0.25) is 0 Å². The molecule has 0 bridgehead atoms. The van der Waals surface area contributed by atoms with E-state index in [2.05, 4.69) is 15.6 Å². The van der Waals surface area contributed by atoms with E-state index in [4.69, 9.17) is 14.5 Å². The summed E-state index contributed by atoms with van der Waals surface area (Å²) in [6.07, 6.45) is -4.90. The van der Waals surface area contributed by atoms with Crippen LogP contribution < -0.4 is 10.8 Å². The molecule has 126 valence electrons. The van der Waals surface area contributed by atoms with Crippen molar-refractivity contribution in [2.45, 2.75) is 24.5 Å². The summed E-state index contributed by atoms with van der Waals surface area (Å²) in [5, 5.41) is 30.4. The standard InChI is InChI=1S/C9H12N2O9P.ClH.Hg/c12-5-1-2-11(9(15)10-5)8-7(14)6(13)4(20-8)3-19-21(16,17)18;;/h2,4,6-8,13-14H,3H2,(H,10,12,15)(H2,16,17,18);1H;/q;;+1/p-1/t4-,6-,7-,8-;;/m1../s1. The smallest absolute Gasteiger partial charge is 0.858 e. The number of rotatable bonds is 4. The summed E-state index contributed by atoms with van der Waals surface area (Å²) in [4.78, 5) is 31.7. The zero-order valence-electron chi connectivity index (χ0n) is 11.4. The first-order chi connectivity index (χ1) is 9.69. The number of hydrogen-bond donors (Lipinski definition) is 4. The first-order valence-electron chi connectivity index (χ1n) is 5.58. The molecule has 0 amide bonds. The molecule has 0 unspecified atom stereocenters. The van der Waals surface area contributed by atoms with Crippen molar-refractivity contribution in [3.05, 3.63) is 22.7 Å². The Morgan fingerprint density at radius 3 is 2.57 bits per heavy atom. The Bertz CT molecular complexity index is 625. The molecule has 14 heteroatoms. The van der Waals surface area contributed by atoms with Crippen molar-refractivity contribution in [2.24, 2.45) is 0 Å². The summed E-state index contributed by atoms with van der Waals surface area (Å²) in [5.41, 5.74) is -1.02. The van der Waals surface area contributed by atoms with Crippen molar-refractivity contribution in [3.63, 3.8) is 0 Å². The summed E-state index contributed by atoms with van der Waals surface area (Å²) < 4.78 is 20.6. The van der Waals surface area contributed by atoms with E-state index < -0.39 is 50.5 Å². The van der Waals surface area contributed by atoms with Gasteiger partial charge in [0, 0.05) is 18.1 Å². The summed E-state index contributed by atoms with van der Waals surface area (Å²) in [7, 11) is -4.77. The van der Waals surface area contributed by atoms with Crippen molar-refractivity contribution in [1.82, 2.24) is 9.55 Å². The number of aliphatic hydroxyl groups is 2. The number of phosphoric ester groups is 1. The number of aliphatic hydroxyl groups excluding tert-OH is 2. The minimum absolute atomic E-state index is 0. The molecule has 4 N–H and O–H groups in total. The van der Waals surface area contributed by atoms with Crippen LogP contribution >= 0.6 is 20.2 Å². The zero-order valence-corrected chi connectivity index (χ0v) is 18.6. The minimum Gasteiger partial charge on any atom is -0.858 e. The van der Waals surface area contributed by atoms with E-state index in [-0.39, 0.29) is 40.1 Å². The summed E-state index contributed by atoms with van der Waals surface area (Å²) in [6, 6.07) is 2.09. The molecule has 2 radical (unpaired) electrons. The fraction of sp³-hybridized carbons (Fsp3) is 0.556. The maximum atomic E-state index is 11.5. The van der Waals surface area contributed by atoms with E-state index >= 15 is 0 Å². The third-order valence-electron chi connectivity index (χ3n) is 2.76. The van der Waals surface area contributed by atoms with Gasteiger partial charge in [-0.3, -0.25) is 9.09 Å². The Morgan fingerprint density at radius 2 is 2.04 bits per heavy atom. The van der Waals surface area contributed by atoms with Gasteiger partial charge in [-0.1, -0.05) is 0 Å². The molecule has 1 aromatic rings. The van der Waals surface area contributed by atoms with E-state index in [1.807, 2.05) is 0 Å². The van der Waals surface area contributed by atoms with Crippen molar-refractivity contribution >= 4 is 20.2 Å². The van der Waals surface area contributed by atoms with Crippen LogP contribution in [-0.2, 0) is 41.5 Å². The molecule has 2 rings (SSSR count). The number of aromatic nitrogens is 2. The van der Waals surface area contributed by atoms with E-state index in [1.165, 1.54) is 0 Å². The van der Waals surface area contributed by atoms with Gasteiger partial charge in [0.05, 0.1) is 6.61 Å². The molecule has 23 heavy (non-hydrogen) atoms. The van der Waals surface area contributed by atoms with Crippen molar-refractivity contribution in [1.29, 1.82) is 0 Å². The number of nitrogens with zero attached hydrogens (tertiary/aromatic N) is 2. The number of ether oxygens (including phenoxy) is 1. The third-order valence-corrected chi connectivity index (χ3v) is 3.25. The molecular weight excluding hydrogens is 547 g/mol.